The van der Waals surface area contributed by atoms with Crippen LogP contribution in [0.5, 0.6) is 0 Å². The SMILES string of the molecule is C=C(C)CN=CN. The Bertz CT molecular complexity index is 84.1. The molecule has 0 unspecified atom stereocenters. The Labute approximate surface area is 43.7 Å². The summed E-state index contributed by atoms with van der Waals surface area (Å²) in [5.41, 5.74) is 5.97. The molecule has 0 aromatic heterocycles. The Hall–Kier alpha value is -0.790. The van der Waals surface area contributed by atoms with Gasteiger partial charge in [-0.3, -0.25) is 4.99 Å². The summed E-state index contributed by atoms with van der Waals surface area (Å²) < 4.78 is 0. The van der Waals surface area contributed by atoms with Gasteiger partial charge >= 0.3 is 0 Å². The van der Waals surface area contributed by atoms with Gasteiger partial charge in [-0.15, -0.1) is 0 Å². The summed E-state index contributed by atoms with van der Waals surface area (Å²) in [6.07, 6.45) is 1.29. The van der Waals surface area contributed by atoms with E-state index in [2.05, 4.69) is 11.6 Å². The number of nitrogens with zero attached hydrogens (tertiary/aromatic N) is 1. The molecule has 7 heavy (non-hydrogen) atoms. The van der Waals surface area contributed by atoms with Gasteiger partial charge in [-0.25, -0.2) is 0 Å². The molecule has 0 spiro atoms. The smallest absolute Gasteiger partial charge is 0.0801 e. The maximum atomic E-state index is 4.94. The molecular weight excluding hydrogens is 88.1 g/mol. The number of aliphatic imine (C=N–C) groups is 1. The maximum absolute atomic E-state index is 4.94. The van der Waals surface area contributed by atoms with Crippen molar-refractivity contribution in [3.8, 4) is 0 Å². The molecule has 2 nitrogen and oxygen atoms in total. The molecule has 0 saturated heterocycles. The highest BCUT2D eigenvalue weighted by Gasteiger charge is 1.74. The van der Waals surface area contributed by atoms with Crippen molar-refractivity contribution in [3.05, 3.63) is 12.2 Å². The Morgan fingerprint density at radius 3 is 2.71 bits per heavy atom. The van der Waals surface area contributed by atoms with Crippen LogP contribution in [0.15, 0.2) is 17.1 Å². The van der Waals surface area contributed by atoms with Gasteiger partial charge in [0.2, 0.25) is 0 Å². The minimum absolute atomic E-state index is 0.649. The summed E-state index contributed by atoms with van der Waals surface area (Å²) in [5.74, 6) is 0. The van der Waals surface area contributed by atoms with Crippen molar-refractivity contribution in [2.45, 2.75) is 6.92 Å². The number of hydrogen-bond acceptors (Lipinski definition) is 1. The second kappa shape index (κ2) is 3.40. The molecule has 40 valence electrons. The van der Waals surface area contributed by atoms with E-state index in [0.29, 0.717) is 6.54 Å². The second-order valence-corrected chi connectivity index (χ2v) is 1.45. The van der Waals surface area contributed by atoms with Crippen molar-refractivity contribution in [2.75, 3.05) is 6.54 Å². The third-order valence-corrected chi connectivity index (χ3v) is 0.467. The first kappa shape index (κ1) is 6.21. The molecule has 0 aliphatic carbocycles. The Balaban J connectivity index is 3.14. The summed E-state index contributed by atoms with van der Waals surface area (Å²) in [6.45, 7) is 6.18. The molecule has 2 N–H and O–H groups in total. The summed E-state index contributed by atoms with van der Waals surface area (Å²) in [7, 11) is 0. The van der Waals surface area contributed by atoms with Gasteiger partial charge in [0.1, 0.15) is 0 Å². The van der Waals surface area contributed by atoms with Crippen LogP contribution in [0.3, 0.4) is 0 Å². The van der Waals surface area contributed by atoms with E-state index in [4.69, 9.17) is 5.73 Å². The Morgan fingerprint density at radius 2 is 2.57 bits per heavy atom. The molecule has 0 radical (unpaired) electrons. The van der Waals surface area contributed by atoms with Crippen LogP contribution in [0.25, 0.3) is 0 Å². The first-order valence-corrected chi connectivity index (χ1v) is 2.11. The van der Waals surface area contributed by atoms with E-state index in [1.54, 1.807) is 0 Å². The standard InChI is InChI=1S/C5H10N2/c1-5(2)3-7-4-6/h4H,1,3H2,2H3,(H2,6,7). The van der Waals surface area contributed by atoms with Crippen LogP contribution in [-0.2, 0) is 0 Å². The third kappa shape index (κ3) is 5.21. The van der Waals surface area contributed by atoms with Gasteiger partial charge in [-0.1, -0.05) is 12.2 Å². The van der Waals surface area contributed by atoms with E-state index in [9.17, 15) is 0 Å². The lowest BCUT2D eigenvalue weighted by molar-refractivity contribution is 1.15. The molecule has 0 saturated carbocycles. The zero-order valence-corrected chi connectivity index (χ0v) is 4.52. The van der Waals surface area contributed by atoms with E-state index in [1.165, 1.54) is 6.34 Å². The molecule has 2 heteroatoms. The van der Waals surface area contributed by atoms with Gasteiger partial charge in [0, 0.05) is 0 Å². The molecule has 0 amide bonds. The fourth-order valence-electron chi connectivity index (χ4n) is 0.209. The first-order valence-electron chi connectivity index (χ1n) is 2.11. The van der Waals surface area contributed by atoms with Crippen LogP contribution in [0.4, 0.5) is 0 Å². The monoisotopic (exact) mass is 98.1 g/mol. The highest BCUT2D eigenvalue weighted by molar-refractivity contribution is 5.51. The summed E-state index contributed by atoms with van der Waals surface area (Å²) in [6, 6.07) is 0. The quantitative estimate of drug-likeness (QED) is 0.306. The van der Waals surface area contributed by atoms with E-state index in [-0.39, 0.29) is 0 Å². The van der Waals surface area contributed by atoms with Gasteiger partial charge in [0.05, 0.1) is 12.9 Å². The molecule has 0 aliphatic rings. The fourth-order valence-corrected chi connectivity index (χ4v) is 0.209. The topological polar surface area (TPSA) is 38.4 Å². The lowest BCUT2D eigenvalue weighted by Gasteiger charge is -1.85. The van der Waals surface area contributed by atoms with Crippen molar-refractivity contribution in [1.82, 2.24) is 0 Å². The fraction of sp³-hybridized carbons (Fsp3) is 0.400. The van der Waals surface area contributed by atoms with Gasteiger partial charge in [0.15, 0.2) is 0 Å². The molecule has 0 atom stereocenters. The van der Waals surface area contributed by atoms with Crippen molar-refractivity contribution < 1.29 is 0 Å². The molecule has 0 rings (SSSR count). The lowest BCUT2D eigenvalue weighted by atomic mass is 10.4. The molecule has 0 aromatic rings. The minimum atomic E-state index is 0.649. The predicted octanol–water partition coefficient (Wildman–Crippen LogP) is 0.550. The van der Waals surface area contributed by atoms with E-state index in [0.717, 1.165) is 5.57 Å². The van der Waals surface area contributed by atoms with Crippen LogP contribution < -0.4 is 5.73 Å². The molecule has 0 aromatic carbocycles. The highest BCUT2D eigenvalue weighted by atomic mass is 14.8. The molecule has 0 aliphatic heterocycles. The molecule has 0 bridgehead atoms. The Kier molecular flexibility index (Phi) is 3.02. The average Bonchev–Trinajstić information content (AvgIpc) is 1.61. The van der Waals surface area contributed by atoms with E-state index < -0.39 is 0 Å². The minimum Gasteiger partial charge on any atom is -0.390 e. The van der Waals surface area contributed by atoms with E-state index >= 15 is 0 Å². The lowest BCUT2D eigenvalue weighted by Crippen LogP contribution is -1.90. The van der Waals surface area contributed by atoms with Crippen LogP contribution in [0.1, 0.15) is 6.92 Å². The zero-order chi connectivity index (χ0) is 5.70. The van der Waals surface area contributed by atoms with Gasteiger partial charge in [-0.05, 0) is 6.92 Å². The van der Waals surface area contributed by atoms with Crippen LogP contribution in [-0.4, -0.2) is 12.9 Å². The van der Waals surface area contributed by atoms with Crippen molar-refractivity contribution >= 4 is 6.34 Å². The van der Waals surface area contributed by atoms with Crippen LogP contribution in [0, 0.1) is 0 Å². The number of rotatable bonds is 2. The first-order chi connectivity index (χ1) is 3.27. The van der Waals surface area contributed by atoms with Gasteiger partial charge in [-0.2, -0.15) is 0 Å². The highest BCUT2D eigenvalue weighted by Crippen LogP contribution is 1.83. The second-order valence-electron chi connectivity index (χ2n) is 1.45. The van der Waals surface area contributed by atoms with E-state index in [1.807, 2.05) is 6.92 Å². The number of hydrogen-bond donors (Lipinski definition) is 1. The summed E-state index contributed by atoms with van der Waals surface area (Å²) in [4.78, 5) is 3.72. The third-order valence-electron chi connectivity index (χ3n) is 0.467. The maximum Gasteiger partial charge on any atom is 0.0801 e. The molecule has 0 fully saturated rings. The van der Waals surface area contributed by atoms with Gasteiger partial charge < -0.3 is 5.73 Å². The summed E-state index contributed by atoms with van der Waals surface area (Å²) in [5, 5.41) is 0. The van der Waals surface area contributed by atoms with Crippen molar-refractivity contribution in [1.29, 1.82) is 0 Å². The number of nitrogens with two attached hydrogens (primary N) is 1. The van der Waals surface area contributed by atoms with Crippen molar-refractivity contribution in [3.63, 3.8) is 0 Å². The molecular formula is C5H10N2. The summed E-state index contributed by atoms with van der Waals surface area (Å²) >= 11 is 0. The van der Waals surface area contributed by atoms with Crippen LogP contribution >= 0.6 is 0 Å². The average molecular weight is 98.1 g/mol. The largest absolute Gasteiger partial charge is 0.390 e. The predicted molar refractivity (Wildman–Crippen MR) is 32.4 cm³/mol. The normalized spacial score (nSPS) is 9.86. The zero-order valence-electron chi connectivity index (χ0n) is 4.52. The Morgan fingerprint density at radius 1 is 2.00 bits per heavy atom. The molecule has 0 heterocycles. The van der Waals surface area contributed by atoms with Crippen LogP contribution in [0.2, 0.25) is 0 Å². The van der Waals surface area contributed by atoms with Gasteiger partial charge in [0.25, 0.3) is 0 Å². The van der Waals surface area contributed by atoms with Crippen molar-refractivity contribution in [2.24, 2.45) is 10.7 Å².